The van der Waals surface area contributed by atoms with Gasteiger partial charge in [0.25, 0.3) is 5.69 Å². The summed E-state index contributed by atoms with van der Waals surface area (Å²) >= 11 is 0. The van der Waals surface area contributed by atoms with Gasteiger partial charge in [-0.15, -0.1) is 0 Å². The van der Waals surface area contributed by atoms with E-state index >= 15 is 0 Å². The van der Waals surface area contributed by atoms with E-state index in [0.717, 1.165) is 5.56 Å². The Balaban J connectivity index is 1.80. The van der Waals surface area contributed by atoms with Crippen molar-refractivity contribution in [2.24, 2.45) is 5.92 Å². The zero-order valence-corrected chi connectivity index (χ0v) is 15.5. The van der Waals surface area contributed by atoms with Crippen molar-refractivity contribution >= 4 is 23.3 Å². The Labute approximate surface area is 166 Å². The number of ether oxygens (including phenoxy) is 1. The minimum Gasteiger partial charge on any atom is -0.478 e. The molecule has 0 amide bonds. The van der Waals surface area contributed by atoms with Crippen molar-refractivity contribution in [1.82, 2.24) is 0 Å². The number of carbonyl (C=O) groups excluding carboxylic acids is 1. The number of esters is 1. The van der Waals surface area contributed by atoms with Crippen LogP contribution in [0.2, 0.25) is 0 Å². The van der Waals surface area contributed by atoms with E-state index in [0.29, 0.717) is 17.7 Å². The van der Waals surface area contributed by atoms with Gasteiger partial charge >= 0.3 is 11.9 Å². The number of nitrogens with one attached hydrogen (secondary N) is 1. The number of carboxylic acids is 1. The number of carbonyl (C=O) groups is 2. The highest BCUT2D eigenvalue weighted by Crippen LogP contribution is 2.53. The molecule has 29 heavy (non-hydrogen) atoms. The SMILES string of the molecule is CC(=O)Oc1ccc([C@@H]2Nc3c(C(=O)O)ccc([N+](=O)[O-])c3[C@@H]3C=CC[C@H]32)cc1. The van der Waals surface area contributed by atoms with Gasteiger partial charge in [0, 0.05) is 18.9 Å². The molecule has 0 saturated carbocycles. The van der Waals surface area contributed by atoms with Crippen molar-refractivity contribution in [3.63, 3.8) is 0 Å². The normalized spacial score (nSPS) is 21.6. The molecule has 4 rings (SSSR count). The summed E-state index contributed by atoms with van der Waals surface area (Å²) in [6.07, 6.45) is 4.61. The number of nitrogens with zero attached hydrogens (tertiary/aromatic N) is 1. The second kappa shape index (κ2) is 7.05. The number of carboxylic acid groups (broad SMARTS) is 1. The highest BCUT2D eigenvalue weighted by Gasteiger charge is 2.43. The van der Waals surface area contributed by atoms with Crippen LogP contribution in [0.3, 0.4) is 0 Å². The molecule has 0 unspecified atom stereocenters. The first-order chi connectivity index (χ1) is 13.9. The molecule has 0 spiro atoms. The number of nitro groups is 1. The Hall–Kier alpha value is -3.68. The number of hydrogen-bond acceptors (Lipinski definition) is 6. The number of hydrogen-bond donors (Lipinski definition) is 2. The van der Waals surface area contributed by atoms with E-state index in [4.69, 9.17) is 4.74 Å². The van der Waals surface area contributed by atoms with E-state index in [2.05, 4.69) is 5.32 Å². The lowest BCUT2D eigenvalue weighted by Crippen LogP contribution is -2.31. The van der Waals surface area contributed by atoms with Crippen molar-refractivity contribution in [3.05, 3.63) is 75.4 Å². The molecule has 2 aromatic carbocycles. The lowest BCUT2D eigenvalue weighted by molar-refractivity contribution is -0.385. The van der Waals surface area contributed by atoms with Crippen molar-refractivity contribution < 1.29 is 24.4 Å². The summed E-state index contributed by atoms with van der Waals surface area (Å²) in [5.74, 6) is -1.40. The standard InChI is InChI=1S/C21H18N2O6/c1-11(24)29-13-7-5-12(6-8-13)19-15-4-2-3-14(15)18-17(23(27)28)10-9-16(21(25)26)20(18)22-19/h2-3,5-10,14-15,19,22H,4H2,1H3,(H,25,26)/t14-,15-,19+/m1/s1. The Morgan fingerprint density at radius 3 is 2.55 bits per heavy atom. The third-order valence-electron chi connectivity index (χ3n) is 5.42. The summed E-state index contributed by atoms with van der Waals surface area (Å²) in [6, 6.07) is 9.28. The maximum absolute atomic E-state index is 11.8. The van der Waals surface area contributed by atoms with Gasteiger partial charge in [-0.25, -0.2) is 4.79 Å². The van der Waals surface area contributed by atoms with E-state index in [1.807, 2.05) is 24.3 Å². The minimum atomic E-state index is -1.15. The predicted octanol–water partition coefficient (Wildman–Crippen LogP) is 4.04. The summed E-state index contributed by atoms with van der Waals surface area (Å²) < 4.78 is 5.07. The molecule has 0 saturated heterocycles. The molecule has 0 aromatic heterocycles. The molecule has 1 aliphatic carbocycles. The van der Waals surface area contributed by atoms with Gasteiger partial charge in [0.15, 0.2) is 0 Å². The van der Waals surface area contributed by atoms with Gasteiger partial charge in [0.05, 0.1) is 27.8 Å². The predicted molar refractivity (Wildman–Crippen MR) is 104 cm³/mol. The van der Waals surface area contributed by atoms with Crippen LogP contribution in [0.4, 0.5) is 11.4 Å². The molecule has 148 valence electrons. The summed E-state index contributed by atoms with van der Waals surface area (Å²) in [7, 11) is 0. The van der Waals surface area contributed by atoms with E-state index in [1.54, 1.807) is 12.1 Å². The van der Waals surface area contributed by atoms with Gasteiger partial charge in [-0.2, -0.15) is 0 Å². The van der Waals surface area contributed by atoms with Crippen molar-refractivity contribution in [2.75, 3.05) is 5.32 Å². The zero-order chi connectivity index (χ0) is 20.7. The summed E-state index contributed by atoms with van der Waals surface area (Å²) in [4.78, 5) is 34.0. The van der Waals surface area contributed by atoms with Crippen LogP contribution in [0.5, 0.6) is 5.75 Å². The molecule has 8 heteroatoms. The van der Waals surface area contributed by atoms with Crippen LogP contribution in [0.25, 0.3) is 0 Å². The zero-order valence-electron chi connectivity index (χ0n) is 15.5. The van der Waals surface area contributed by atoms with Gasteiger partial charge in [0.2, 0.25) is 0 Å². The lowest BCUT2D eigenvalue weighted by atomic mass is 9.75. The molecule has 0 radical (unpaired) electrons. The monoisotopic (exact) mass is 394 g/mol. The highest BCUT2D eigenvalue weighted by atomic mass is 16.6. The van der Waals surface area contributed by atoms with Gasteiger partial charge < -0.3 is 15.2 Å². The number of fused-ring (bicyclic) bond motifs is 3. The molecule has 3 atom stereocenters. The number of nitro benzene ring substituents is 1. The van der Waals surface area contributed by atoms with Crippen LogP contribution in [0.1, 0.15) is 46.8 Å². The first-order valence-corrected chi connectivity index (χ1v) is 9.13. The molecule has 8 nitrogen and oxygen atoms in total. The Kier molecular flexibility index (Phi) is 4.54. The summed E-state index contributed by atoms with van der Waals surface area (Å²) in [6.45, 7) is 1.32. The van der Waals surface area contributed by atoms with Gasteiger partial charge in [-0.05, 0) is 36.1 Å². The molecule has 2 N–H and O–H groups in total. The van der Waals surface area contributed by atoms with Crippen molar-refractivity contribution in [3.8, 4) is 5.75 Å². The Morgan fingerprint density at radius 2 is 1.93 bits per heavy atom. The molecular formula is C21H18N2O6. The average molecular weight is 394 g/mol. The Bertz CT molecular complexity index is 1040. The van der Waals surface area contributed by atoms with Gasteiger partial charge in [-0.1, -0.05) is 24.3 Å². The first-order valence-electron chi connectivity index (χ1n) is 9.13. The van der Waals surface area contributed by atoms with E-state index < -0.39 is 16.9 Å². The third kappa shape index (κ3) is 3.22. The molecule has 2 aliphatic rings. The van der Waals surface area contributed by atoms with Crippen molar-refractivity contribution in [1.29, 1.82) is 0 Å². The second-order valence-corrected chi connectivity index (χ2v) is 7.12. The Morgan fingerprint density at radius 1 is 1.21 bits per heavy atom. The number of aromatic carboxylic acids is 1. The number of rotatable bonds is 4. The summed E-state index contributed by atoms with van der Waals surface area (Å²) in [5.41, 5.74) is 1.51. The van der Waals surface area contributed by atoms with E-state index in [9.17, 15) is 24.8 Å². The first kappa shape index (κ1) is 18.7. The maximum Gasteiger partial charge on any atom is 0.337 e. The molecule has 0 bridgehead atoms. The number of anilines is 1. The van der Waals surface area contributed by atoms with Crippen LogP contribution >= 0.6 is 0 Å². The molecular weight excluding hydrogens is 376 g/mol. The largest absolute Gasteiger partial charge is 0.478 e. The van der Waals surface area contributed by atoms with Gasteiger partial charge in [-0.3, -0.25) is 14.9 Å². The average Bonchev–Trinajstić information content (AvgIpc) is 3.16. The van der Waals surface area contributed by atoms with E-state index in [-0.39, 0.29) is 34.8 Å². The second-order valence-electron chi connectivity index (χ2n) is 7.12. The van der Waals surface area contributed by atoms with Crippen LogP contribution < -0.4 is 10.1 Å². The molecule has 0 fully saturated rings. The van der Waals surface area contributed by atoms with Crippen LogP contribution in [0.15, 0.2) is 48.6 Å². The van der Waals surface area contributed by atoms with Crippen LogP contribution in [-0.4, -0.2) is 22.0 Å². The molecule has 2 aromatic rings. The smallest absolute Gasteiger partial charge is 0.337 e. The van der Waals surface area contributed by atoms with E-state index in [1.165, 1.54) is 19.1 Å². The minimum absolute atomic E-state index is 0.00446. The number of allylic oxidation sites excluding steroid dienone is 2. The van der Waals surface area contributed by atoms with Crippen LogP contribution in [-0.2, 0) is 4.79 Å². The fourth-order valence-electron chi connectivity index (χ4n) is 4.27. The molecule has 1 aliphatic heterocycles. The van der Waals surface area contributed by atoms with Gasteiger partial charge in [0.1, 0.15) is 5.75 Å². The number of benzene rings is 2. The topological polar surface area (TPSA) is 119 Å². The third-order valence-corrected chi connectivity index (χ3v) is 5.42. The quantitative estimate of drug-likeness (QED) is 0.264. The van der Waals surface area contributed by atoms with Crippen molar-refractivity contribution in [2.45, 2.75) is 25.3 Å². The fourth-order valence-corrected chi connectivity index (χ4v) is 4.27. The summed E-state index contributed by atoms with van der Waals surface area (Å²) in [5, 5.41) is 24.5. The highest BCUT2D eigenvalue weighted by molar-refractivity contribution is 5.97. The molecule has 1 heterocycles. The fraction of sp³-hybridized carbons (Fsp3) is 0.238. The lowest BCUT2D eigenvalue weighted by Gasteiger charge is -2.37. The van der Waals surface area contributed by atoms with Crippen LogP contribution in [0, 0.1) is 16.0 Å². The maximum atomic E-state index is 11.8.